The lowest BCUT2D eigenvalue weighted by molar-refractivity contribution is 0.0998. The average Bonchev–Trinajstić information content (AvgIpc) is 2.53. The number of amides is 2. The van der Waals surface area contributed by atoms with Crippen LogP contribution in [0.1, 0.15) is 20.7 Å². The zero-order valence-corrected chi connectivity index (χ0v) is 13.5. The lowest BCUT2D eigenvalue weighted by Crippen LogP contribution is -2.17. The number of nitrogens with one attached hydrogen (secondary N) is 1. The van der Waals surface area contributed by atoms with E-state index in [1.807, 2.05) is 0 Å². The molecule has 0 aliphatic rings. The molecule has 0 atom stereocenters. The van der Waals surface area contributed by atoms with Gasteiger partial charge in [-0.2, -0.15) is 0 Å². The van der Waals surface area contributed by atoms with Crippen LogP contribution in [0.5, 0.6) is 5.75 Å². The van der Waals surface area contributed by atoms with Crippen LogP contribution in [0.2, 0.25) is 0 Å². The van der Waals surface area contributed by atoms with E-state index in [9.17, 15) is 18.0 Å². The van der Waals surface area contributed by atoms with Gasteiger partial charge < -0.3 is 15.8 Å². The summed E-state index contributed by atoms with van der Waals surface area (Å²) in [6.07, 6.45) is 0. The molecule has 0 aromatic heterocycles. The Balaban J connectivity index is 2.33. The molecule has 0 aliphatic carbocycles. The van der Waals surface area contributed by atoms with Crippen LogP contribution in [-0.2, 0) is 10.0 Å². The fourth-order valence-electron chi connectivity index (χ4n) is 1.96. The first kappa shape index (κ1) is 17.4. The maximum atomic E-state index is 12.4. The second-order valence-corrected chi connectivity index (χ2v) is 6.36. The van der Waals surface area contributed by atoms with Crippen molar-refractivity contribution in [2.75, 3.05) is 12.4 Å². The van der Waals surface area contributed by atoms with Crippen LogP contribution in [0.15, 0.2) is 47.4 Å². The minimum absolute atomic E-state index is 0.00278. The summed E-state index contributed by atoms with van der Waals surface area (Å²) in [5.74, 6) is -0.992. The minimum atomic E-state index is -3.96. The number of ether oxygens (including phenoxy) is 1. The molecule has 9 heteroatoms. The molecule has 2 rings (SSSR count). The Labute approximate surface area is 138 Å². The Hall–Kier alpha value is -2.91. The summed E-state index contributed by atoms with van der Waals surface area (Å²) in [4.78, 5) is 23.2. The Morgan fingerprint density at radius 2 is 1.71 bits per heavy atom. The molecule has 0 saturated heterocycles. The van der Waals surface area contributed by atoms with Gasteiger partial charge in [-0.05, 0) is 42.5 Å². The Morgan fingerprint density at radius 3 is 2.21 bits per heavy atom. The Morgan fingerprint density at radius 1 is 1.08 bits per heavy atom. The molecular formula is C15H15N3O5S. The molecule has 24 heavy (non-hydrogen) atoms. The molecule has 126 valence electrons. The zero-order valence-electron chi connectivity index (χ0n) is 12.6. The molecular weight excluding hydrogens is 334 g/mol. The number of hydrogen-bond donors (Lipinski definition) is 3. The summed E-state index contributed by atoms with van der Waals surface area (Å²) < 4.78 is 27.9. The standard InChI is InChI=1S/C15H15N3O5S/c1-23-13-7-6-11(24(17,21)22)8-12(13)15(20)18-10-4-2-9(3-5-10)14(16)19/h2-8H,1H3,(H2,16,19)(H,18,20)(H2,17,21,22). The van der Waals surface area contributed by atoms with Crippen LogP contribution >= 0.6 is 0 Å². The second-order valence-electron chi connectivity index (χ2n) is 4.80. The molecule has 0 radical (unpaired) electrons. The predicted molar refractivity (Wildman–Crippen MR) is 87.3 cm³/mol. The van der Waals surface area contributed by atoms with Crippen LogP contribution < -0.4 is 20.9 Å². The first-order valence-electron chi connectivity index (χ1n) is 6.64. The van der Waals surface area contributed by atoms with Crippen molar-refractivity contribution < 1.29 is 22.7 Å². The molecule has 2 aromatic rings. The third kappa shape index (κ3) is 3.89. The molecule has 0 fully saturated rings. The van der Waals surface area contributed by atoms with Crippen molar-refractivity contribution in [1.82, 2.24) is 0 Å². The lowest BCUT2D eigenvalue weighted by atomic mass is 10.1. The molecule has 0 heterocycles. The van der Waals surface area contributed by atoms with Crippen molar-refractivity contribution in [3.8, 4) is 5.75 Å². The van der Waals surface area contributed by atoms with E-state index in [4.69, 9.17) is 15.6 Å². The van der Waals surface area contributed by atoms with Gasteiger partial charge in [-0.25, -0.2) is 13.6 Å². The van der Waals surface area contributed by atoms with E-state index in [-0.39, 0.29) is 16.2 Å². The van der Waals surface area contributed by atoms with Crippen LogP contribution in [0, 0.1) is 0 Å². The van der Waals surface area contributed by atoms with E-state index >= 15 is 0 Å². The SMILES string of the molecule is COc1ccc(S(N)(=O)=O)cc1C(=O)Nc1ccc(C(N)=O)cc1. The van der Waals surface area contributed by atoms with Crippen LogP contribution in [0.25, 0.3) is 0 Å². The number of primary amides is 1. The van der Waals surface area contributed by atoms with Gasteiger partial charge in [0.25, 0.3) is 5.91 Å². The van der Waals surface area contributed by atoms with Gasteiger partial charge in [0.15, 0.2) is 0 Å². The number of primary sulfonamides is 1. The topological polar surface area (TPSA) is 142 Å². The van der Waals surface area contributed by atoms with Crippen LogP contribution in [0.4, 0.5) is 5.69 Å². The molecule has 0 bridgehead atoms. The van der Waals surface area contributed by atoms with Crippen molar-refractivity contribution >= 4 is 27.5 Å². The maximum absolute atomic E-state index is 12.4. The van der Waals surface area contributed by atoms with Crippen molar-refractivity contribution in [2.45, 2.75) is 4.90 Å². The van der Waals surface area contributed by atoms with Gasteiger partial charge in [0.1, 0.15) is 5.75 Å². The highest BCUT2D eigenvalue weighted by Gasteiger charge is 2.17. The molecule has 2 aromatic carbocycles. The summed E-state index contributed by atoms with van der Waals surface area (Å²) in [6.45, 7) is 0. The van der Waals surface area contributed by atoms with Gasteiger partial charge in [0.2, 0.25) is 15.9 Å². The number of carbonyl (C=O) groups is 2. The number of hydrogen-bond acceptors (Lipinski definition) is 5. The van der Waals surface area contributed by atoms with Crippen LogP contribution in [-0.4, -0.2) is 27.3 Å². The average molecular weight is 349 g/mol. The number of sulfonamides is 1. The monoisotopic (exact) mass is 349 g/mol. The fraction of sp³-hybridized carbons (Fsp3) is 0.0667. The molecule has 0 spiro atoms. The lowest BCUT2D eigenvalue weighted by Gasteiger charge is -2.11. The molecule has 8 nitrogen and oxygen atoms in total. The minimum Gasteiger partial charge on any atom is -0.496 e. The number of methoxy groups -OCH3 is 1. The Kier molecular flexibility index (Phi) is 4.86. The van der Waals surface area contributed by atoms with Gasteiger partial charge in [0.05, 0.1) is 17.6 Å². The van der Waals surface area contributed by atoms with Gasteiger partial charge >= 0.3 is 0 Å². The van der Waals surface area contributed by atoms with E-state index in [0.717, 1.165) is 6.07 Å². The molecule has 0 unspecified atom stereocenters. The van der Waals surface area contributed by atoms with Gasteiger partial charge in [-0.3, -0.25) is 9.59 Å². The van der Waals surface area contributed by atoms with E-state index in [0.29, 0.717) is 11.3 Å². The summed E-state index contributed by atoms with van der Waals surface area (Å²) in [5, 5.41) is 7.64. The third-order valence-electron chi connectivity index (χ3n) is 3.17. The molecule has 0 saturated carbocycles. The third-order valence-corrected chi connectivity index (χ3v) is 4.08. The van der Waals surface area contributed by atoms with Crippen molar-refractivity contribution in [3.05, 3.63) is 53.6 Å². The smallest absolute Gasteiger partial charge is 0.259 e. The van der Waals surface area contributed by atoms with Gasteiger partial charge in [-0.1, -0.05) is 0 Å². The highest BCUT2D eigenvalue weighted by Crippen LogP contribution is 2.23. The number of carbonyl (C=O) groups excluding carboxylic acids is 2. The van der Waals surface area contributed by atoms with Crippen molar-refractivity contribution in [1.29, 1.82) is 0 Å². The Bertz CT molecular complexity index is 892. The summed E-state index contributed by atoms with van der Waals surface area (Å²) >= 11 is 0. The largest absolute Gasteiger partial charge is 0.496 e. The van der Waals surface area contributed by atoms with Gasteiger partial charge in [-0.15, -0.1) is 0 Å². The highest BCUT2D eigenvalue weighted by atomic mass is 32.2. The predicted octanol–water partition coefficient (Wildman–Crippen LogP) is 0.694. The maximum Gasteiger partial charge on any atom is 0.259 e. The van der Waals surface area contributed by atoms with Gasteiger partial charge in [0, 0.05) is 11.3 Å². The summed E-state index contributed by atoms with van der Waals surface area (Å²) in [5.41, 5.74) is 5.83. The quantitative estimate of drug-likeness (QED) is 0.728. The fourth-order valence-corrected chi connectivity index (χ4v) is 2.50. The summed E-state index contributed by atoms with van der Waals surface area (Å²) in [6, 6.07) is 9.60. The highest BCUT2D eigenvalue weighted by molar-refractivity contribution is 7.89. The van der Waals surface area contributed by atoms with E-state index in [2.05, 4.69) is 5.32 Å². The van der Waals surface area contributed by atoms with E-state index < -0.39 is 21.8 Å². The molecule has 0 aliphatic heterocycles. The number of anilines is 1. The molecule has 2 amide bonds. The normalized spacial score (nSPS) is 10.9. The molecule has 5 N–H and O–H groups in total. The van der Waals surface area contributed by atoms with E-state index in [1.165, 1.54) is 43.5 Å². The number of benzene rings is 2. The number of nitrogens with two attached hydrogens (primary N) is 2. The first-order chi connectivity index (χ1) is 11.2. The zero-order chi connectivity index (χ0) is 17.9. The van der Waals surface area contributed by atoms with E-state index in [1.54, 1.807) is 0 Å². The first-order valence-corrected chi connectivity index (χ1v) is 8.19. The van der Waals surface area contributed by atoms with Crippen molar-refractivity contribution in [3.63, 3.8) is 0 Å². The second kappa shape index (κ2) is 6.69. The van der Waals surface area contributed by atoms with Crippen LogP contribution in [0.3, 0.4) is 0 Å². The summed E-state index contributed by atoms with van der Waals surface area (Å²) in [7, 11) is -2.61. The number of rotatable bonds is 5. The van der Waals surface area contributed by atoms with Crippen molar-refractivity contribution in [2.24, 2.45) is 10.9 Å².